The molecule has 0 aliphatic carbocycles. The number of rotatable bonds is 1. The van der Waals surface area contributed by atoms with Gasteiger partial charge in [-0.3, -0.25) is 9.52 Å². The van der Waals surface area contributed by atoms with E-state index >= 15 is 0 Å². The van der Waals surface area contributed by atoms with Gasteiger partial charge in [-0.2, -0.15) is 0 Å². The van der Waals surface area contributed by atoms with Gasteiger partial charge in [-0.1, -0.05) is 19.4 Å². The molecule has 0 atom stereocenters. The second kappa shape index (κ2) is 3.10. The molecule has 0 heterocycles. The van der Waals surface area contributed by atoms with Gasteiger partial charge in [-0.15, -0.1) is 0 Å². The van der Waals surface area contributed by atoms with Crippen LogP contribution < -0.4 is 4.72 Å². The molecule has 0 aromatic carbocycles. The highest BCUT2D eigenvalue weighted by Gasteiger charge is 1.95. The molecule has 0 radical (unpaired) electrons. The zero-order valence-corrected chi connectivity index (χ0v) is 5.92. The molecule has 0 rings (SSSR count). The van der Waals surface area contributed by atoms with Gasteiger partial charge in [0.2, 0.25) is 0 Å². The standard InChI is InChI=1S/C3H4BrNOS/c1-2(4)3(6)5-7/h7H,1H2,(H,5,6). The average molecular weight is 182 g/mol. The molecule has 2 nitrogen and oxygen atoms in total. The van der Waals surface area contributed by atoms with Gasteiger partial charge in [-0.05, 0) is 15.9 Å². The number of halogens is 1. The zero-order valence-electron chi connectivity index (χ0n) is 3.44. The average Bonchev–Trinajstić information content (AvgIpc) is 1.65. The van der Waals surface area contributed by atoms with Gasteiger partial charge in [0.1, 0.15) is 0 Å². The second-order valence-electron chi connectivity index (χ2n) is 0.846. The molecule has 0 aromatic heterocycles. The van der Waals surface area contributed by atoms with Crippen LogP contribution in [0.25, 0.3) is 0 Å². The molecule has 0 fully saturated rings. The Morgan fingerprint density at radius 3 is 2.29 bits per heavy atom. The van der Waals surface area contributed by atoms with E-state index in [-0.39, 0.29) is 10.4 Å². The van der Waals surface area contributed by atoms with E-state index in [1.165, 1.54) is 0 Å². The van der Waals surface area contributed by atoms with E-state index in [0.29, 0.717) is 0 Å². The highest BCUT2D eigenvalue weighted by Crippen LogP contribution is 1.98. The lowest BCUT2D eigenvalue weighted by Gasteiger charge is -1.88. The predicted molar refractivity (Wildman–Crippen MR) is 35.2 cm³/mol. The molecular formula is C3H4BrNOS. The lowest BCUT2D eigenvalue weighted by Crippen LogP contribution is -2.10. The molecule has 0 bridgehead atoms. The molecule has 0 saturated carbocycles. The number of hydrogen-bond acceptors (Lipinski definition) is 2. The number of nitrogens with one attached hydrogen (secondary N) is 1. The van der Waals surface area contributed by atoms with Crippen LogP contribution in [0.4, 0.5) is 0 Å². The number of hydrogen-bond donors (Lipinski definition) is 2. The molecule has 0 aliphatic rings. The van der Waals surface area contributed by atoms with E-state index in [1.54, 1.807) is 0 Å². The van der Waals surface area contributed by atoms with E-state index in [9.17, 15) is 4.79 Å². The maximum atomic E-state index is 10.2. The molecule has 0 aromatic rings. The van der Waals surface area contributed by atoms with Gasteiger partial charge >= 0.3 is 0 Å². The van der Waals surface area contributed by atoms with Crippen LogP contribution in [0.5, 0.6) is 0 Å². The molecule has 0 aliphatic heterocycles. The van der Waals surface area contributed by atoms with Crippen molar-refractivity contribution in [3.05, 3.63) is 11.1 Å². The Morgan fingerprint density at radius 2 is 2.29 bits per heavy atom. The largest absolute Gasteiger partial charge is 0.298 e. The maximum Gasteiger partial charge on any atom is 0.267 e. The molecule has 40 valence electrons. The third kappa shape index (κ3) is 2.70. The first-order valence-corrected chi connectivity index (χ1v) is 2.71. The van der Waals surface area contributed by atoms with Gasteiger partial charge in [0.15, 0.2) is 0 Å². The van der Waals surface area contributed by atoms with Crippen LogP contribution in [0.2, 0.25) is 0 Å². The maximum absolute atomic E-state index is 10.2. The summed E-state index contributed by atoms with van der Waals surface area (Å²) in [6.07, 6.45) is 0. The van der Waals surface area contributed by atoms with Crippen molar-refractivity contribution in [3.63, 3.8) is 0 Å². The smallest absolute Gasteiger partial charge is 0.267 e. The minimum absolute atomic E-state index is 0.280. The van der Waals surface area contributed by atoms with Crippen LogP contribution in [-0.4, -0.2) is 5.91 Å². The monoisotopic (exact) mass is 181 g/mol. The van der Waals surface area contributed by atoms with Crippen LogP contribution in [0.3, 0.4) is 0 Å². The third-order valence-electron chi connectivity index (χ3n) is 0.348. The van der Waals surface area contributed by atoms with Crippen molar-refractivity contribution in [2.24, 2.45) is 0 Å². The van der Waals surface area contributed by atoms with E-state index in [1.807, 2.05) is 0 Å². The molecule has 7 heavy (non-hydrogen) atoms. The highest BCUT2D eigenvalue weighted by molar-refractivity contribution is 9.12. The summed E-state index contributed by atoms with van der Waals surface area (Å²) in [5.41, 5.74) is 0. The first kappa shape index (κ1) is 7.04. The molecule has 0 unspecified atom stereocenters. The predicted octanol–water partition coefficient (Wildman–Crippen LogP) is 0.856. The first-order valence-electron chi connectivity index (χ1n) is 1.47. The molecule has 0 saturated heterocycles. The lowest BCUT2D eigenvalue weighted by atomic mass is 10.6. The van der Waals surface area contributed by atoms with Crippen LogP contribution in [0, 0.1) is 0 Å². The summed E-state index contributed by atoms with van der Waals surface area (Å²) >= 11 is 6.31. The van der Waals surface area contributed by atoms with Crippen LogP contribution in [0.15, 0.2) is 11.1 Å². The van der Waals surface area contributed by atoms with Gasteiger partial charge < -0.3 is 0 Å². The first-order chi connectivity index (χ1) is 3.18. The van der Waals surface area contributed by atoms with Crippen molar-refractivity contribution in [1.82, 2.24) is 4.72 Å². The fourth-order valence-corrected chi connectivity index (χ4v) is 0.448. The second-order valence-corrected chi connectivity index (χ2v) is 2.03. The molecule has 1 N–H and O–H groups in total. The van der Waals surface area contributed by atoms with Crippen molar-refractivity contribution in [2.45, 2.75) is 0 Å². The summed E-state index contributed by atoms with van der Waals surface area (Å²) in [4.78, 5) is 10.2. The van der Waals surface area contributed by atoms with Crippen LogP contribution in [0.1, 0.15) is 0 Å². The summed E-state index contributed by atoms with van der Waals surface area (Å²) in [6.45, 7) is 3.28. The number of carbonyl (C=O) groups excluding carboxylic acids is 1. The van der Waals surface area contributed by atoms with Gasteiger partial charge in [0.05, 0.1) is 4.48 Å². The number of amides is 1. The van der Waals surface area contributed by atoms with Gasteiger partial charge in [0.25, 0.3) is 5.91 Å². The Morgan fingerprint density at radius 1 is 1.86 bits per heavy atom. The van der Waals surface area contributed by atoms with E-state index in [4.69, 9.17) is 0 Å². The molecule has 1 amide bonds. The summed E-state index contributed by atoms with van der Waals surface area (Å²) in [6, 6.07) is 0. The van der Waals surface area contributed by atoms with Crippen molar-refractivity contribution in [2.75, 3.05) is 0 Å². The fourth-order valence-electron chi connectivity index (χ4n) is 0.0607. The summed E-state index contributed by atoms with van der Waals surface area (Å²) < 4.78 is 2.35. The Balaban J connectivity index is 3.58. The van der Waals surface area contributed by atoms with E-state index < -0.39 is 0 Å². The van der Waals surface area contributed by atoms with E-state index in [2.05, 4.69) is 40.0 Å². The SMILES string of the molecule is C=C(Br)C(=O)NS. The minimum Gasteiger partial charge on any atom is -0.298 e. The Kier molecular flexibility index (Phi) is 3.11. The number of thiol groups is 1. The highest BCUT2D eigenvalue weighted by atomic mass is 79.9. The molecular weight excluding hydrogens is 178 g/mol. The van der Waals surface area contributed by atoms with Crippen LogP contribution in [-0.2, 0) is 4.79 Å². The van der Waals surface area contributed by atoms with Crippen molar-refractivity contribution in [3.8, 4) is 0 Å². The Labute approximate surface area is 55.6 Å². The van der Waals surface area contributed by atoms with Crippen LogP contribution >= 0.6 is 28.7 Å². The zero-order chi connectivity index (χ0) is 5.86. The quantitative estimate of drug-likeness (QED) is 0.457. The summed E-state index contributed by atoms with van der Waals surface area (Å²) in [5.74, 6) is -0.316. The Hall–Kier alpha value is 0.0400. The minimum atomic E-state index is -0.316. The topological polar surface area (TPSA) is 29.1 Å². The normalized spacial score (nSPS) is 7.71. The van der Waals surface area contributed by atoms with Crippen molar-refractivity contribution in [1.29, 1.82) is 0 Å². The molecule has 0 spiro atoms. The van der Waals surface area contributed by atoms with Crippen molar-refractivity contribution < 1.29 is 4.79 Å². The van der Waals surface area contributed by atoms with Gasteiger partial charge in [0, 0.05) is 0 Å². The van der Waals surface area contributed by atoms with Gasteiger partial charge in [-0.25, -0.2) is 0 Å². The summed E-state index contributed by atoms with van der Waals surface area (Å²) in [5, 5.41) is 0. The van der Waals surface area contributed by atoms with Crippen molar-refractivity contribution >= 4 is 34.7 Å². The Bertz CT molecular complexity index is 103. The number of carbonyl (C=O) groups is 1. The molecule has 4 heteroatoms. The lowest BCUT2D eigenvalue weighted by molar-refractivity contribution is -0.114. The summed E-state index contributed by atoms with van der Waals surface area (Å²) in [7, 11) is 0. The third-order valence-corrected chi connectivity index (χ3v) is 0.911. The van der Waals surface area contributed by atoms with E-state index in [0.717, 1.165) is 0 Å². The fraction of sp³-hybridized carbons (Fsp3) is 0.